The lowest BCUT2D eigenvalue weighted by atomic mass is 10.0. The maximum atomic E-state index is 13.8. The molecular weight excluding hydrogens is 456 g/mol. The van der Waals surface area contributed by atoms with Gasteiger partial charge in [0.1, 0.15) is 11.4 Å². The zero-order chi connectivity index (χ0) is 23.8. The van der Waals surface area contributed by atoms with E-state index in [1.54, 1.807) is 29.4 Å². The molecule has 10 heteroatoms. The molecule has 9 nitrogen and oxygen atoms in total. The highest BCUT2D eigenvalue weighted by atomic mass is 35.5. The van der Waals surface area contributed by atoms with Crippen LogP contribution in [0.1, 0.15) is 46.2 Å². The SMILES string of the molecule is COc1cc(C(=O)N2CCCC2c2noc(-c3cccc(C)c3C)n2)c(-n2nccn2)cc1Cl. The molecule has 1 unspecified atom stereocenters. The molecule has 0 bridgehead atoms. The standard InChI is InChI=1S/C24H23ClN6O3/c1-14-6-4-7-16(15(14)2)23-28-22(29-34-23)19-8-5-11-30(19)24(32)17-12-21(33-3)18(25)13-20(17)31-26-9-10-27-31/h4,6-7,9-10,12-13,19H,5,8,11H2,1-3H3. The molecule has 1 fully saturated rings. The highest BCUT2D eigenvalue weighted by molar-refractivity contribution is 6.32. The molecule has 1 saturated heterocycles. The molecule has 1 amide bonds. The maximum Gasteiger partial charge on any atom is 0.258 e. The number of aromatic nitrogens is 5. The van der Waals surface area contributed by atoms with Crippen LogP contribution >= 0.6 is 11.6 Å². The Labute approximate surface area is 201 Å². The van der Waals surface area contributed by atoms with Crippen molar-refractivity contribution in [2.24, 2.45) is 0 Å². The smallest absolute Gasteiger partial charge is 0.258 e. The average Bonchev–Trinajstić information content (AvgIpc) is 3.61. The Balaban J connectivity index is 1.50. The van der Waals surface area contributed by atoms with E-state index in [-0.39, 0.29) is 11.9 Å². The third-order valence-corrected chi connectivity index (χ3v) is 6.52. The number of rotatable bonds is 5. The number of amides is 1. The average molecular weight is 479 g/mol. The van der Waals surface area contributed by atoms with Crippen LogP contribution in [0.4, 0.5) is 0 Å². The van der Waals surface area contributed by atoms with Gasteiger partial charge in [0, 0.05) is 12.1 Å². The first-order valence-corrected chi connectivity index (χ1v) is 11.3. The molecule has 5 rings (SSSR count). The van der Waals surface area contributed by atoms with Crippen molar-refractivity contribution < 1.29 is 14.1 Å². The van der Waals surface area contributed by atoms with E-state index in [9.17, 15) is 4.79 Å². The number of halogens is 1. The molecule has 0 saturated carbocycles. The second kappa shape index (κ2) is 8.90. The van der Waals surface area contributed by atoms with Crippen molar-refractivity contribution in [3.63, 3.8) is 0 Å². The highest BCUT2D eigenvalue weighted by Gasteiger charge is 2.35. The summed E-state index contributed by atoms with van der Waals surface area (Å²) in [6.45, 7) is 4.63. The summed E-state index contributed by atoms with van der Waals surface area (Å²) in [6.07, 6.45) is 4.64. The number of aryl methyl sites for hydroxylation is 1. The second-order valence-corrected chi connectivity index (χ2v) is 8.59. The molecule has 0 radical (unpaired) electrons. The zero-order valence-corrected chi connectivity index (χ0v) is 19.8. The van der Waals surface area contributed by atoms with Crippen molar-refractivity contribution in [1.29, 1.82) is 0 Å². The van der Waals surface area contributed by atoms with E-state index in [1.807, 2.05) is 32.0 Å². The Bertz CT molecular complexity index is 1350. The fraction of sp³-hybridized carbons (Fsp3) is 0.292. The van der Waals surface area contributed by atoms with E-state index < -0.39 is 0 Å². The van der Waals surface area contributed by atoms with Crippen LogP contribution in [0.2, 0.25) is 5.02 Å². The van der Waals surface area contributed by atoms with Gasteiger partial charge in [0.15, 0.2) is 5.82 Å². The van der Waals surface area contributed by atoms with Crippen LogP contribution in [-0.4, -0.2) is 49.6 Å². The molecule has 3 heterocycles. The molecule has 1 aliphatic rings. The Morgan fingerprint density at radius 2 is 2.00 bits per heavy atom. The highest BCUT2D eigenvalue weighted by Crippen LogP contribution is 2.36. The van der Waals surface area contributed by atoms with Gasteiger partial charge < -0.3 is 14.2 Å². The summed E-state index contributed by atoms with van der Waals surface area (Å²) in [5.41, 5.74) is 3.97. The normalized spacial score (nSPS) is 15.6. The van der Waals surface area contributed by atoms with Crippen molar-refractivity contribution >= 4 is 17.5 Å². The fourth-order valence-electron chi connectivity index (χ4n) is 4.27. The number of methoxy groups -OCH3 is 1. The van der Waals surface area contributed by atoms with Gasteiger partial charge in [0.2, 0.25) is 0 Å². The van der Waals surface area contributed by atoms with E-state index in [0.29, 0.717) is 40.3 Å². The predicted octanol–water partition coefficient (Wildman–Crippen LogP) is 4.57. The summed E-state index contributed by atoms with van der Waals surface area (Å²) in [6, 6.07) is 8.91. The first-order valence-electron chi connectivity index (χ1n) is 10.9. The molecule has 174 valence electrons. The minimum absolute atomic E-state index is 0.206. The van der Waals surface area contributed by atoms with Crippen molar-refractivity contribution in [1.82, 2.24) is 30.0 Å². The molecule has 0 aliphatic carbocycles. The first kappa shape index (κ1) is 22.1. The number of nitrogens with zero attached hydrogens (tertiary/aromatic N) is 6. The van der Waals surface area contributed by atoms with Crippen molar-refractivity contribution in [3.8, 4) is 22.9 Å². The van der Waals surface area contributed by atoms with Gasteiger partial charge in [-0.15, -0.1) is 0 Å². The summed E-state index contributed by atoms with van der Waals surface area (Å²) < 4.78 is 11.0. The van der Waals surface area contributed by atoms with E-state index in [4.69, 9.17) is 20.9 Å². The lowest BCUT2D eigenvalue weighted by Crippen LogP contribution is -2.32. The lowest BCUT2D eigenvalue weighted by Gasteiger charge is -2.23. The van der Waals surface area contributed by atoms with E-state index in [0.717, 1.165) is 29.5 Å². The first-order chi connectivity index (χ1) is 16.5. The van der Waals surface area contributed by atoms with E-state index in [2.05, 4.69) is 20.3 Å². The number of ether oxygens (including phenoxy) is 1. The molecule has 1 atom stereocenters. The third-order valence-electron chi connectivity index (χ3n) is 6.22. The van der Waals surface area contributed by atoms with Gasteiger partial charge in [-0.25, -0.2) is 0 Å². The van der Waals surface area contributed by atoms with Crippen LogP contribution in [0.3, 0.4) is 0 Å². The van der Waals surface area contributed by atoms with Gasteiger partial charge in [0.05, 0.1) is 36.1 Å². The second-order valence-electron chi connectivity index (χ2n) is 8.18. The number of hydrogen-bond acceptors (Lipinski definition) is 7. The Hall–Kier alpha value is -3.72. The largest absolute Gasteiger partial charge is 0.495 e. The van der Waals surface area contributed by atoms with E-state index >= 15 is 0 Å². The Kier molecular flexibility index (Phi) is 5.79. The number of carbonyl (C=O) groups excluding carboxylic acids is 1. The molecule has 34 heavy (non-hydrogen) atoms. The number of benzene rings is 2. The van der Waals surface area contributed by atoms with Gasteiger partial charge in [-0.2, -0.15) is 20.0 Å². The van der Waals surface area contributed by atoms with Crippen molar-refractivity contribution in [2.45, 2.75) is 32.7 Å². The van der Waals surface area contributed by atoms with Crippen LogP contribution in [0.5, 0.6) is 5.75 Å². The molecule has 2 aromatic heterocycles. The summed E-state index contributed by atoms with van der Waals surface area (Å²) in [7, 11) is 1.51. The minimum Gasteiger partial charge on any atom is -0.495 e. The maximum absolute atomic E-state index is 13.8. The van der Waals surface area contributed by atoms with Gasteiger partial charge in [-0.05, 0) is 56.0 Å². The fourth-order valence-corrected chi connectivity index (χ4v) is 4.51. The third kappa shape index (κ3) is 3.81. The number of carbonyl (C=O) groups is 1. The van der Waals surface area contributed by atoms with Gasteiger partial charge in [-0.1, -0.05) is 28.9 Å². The van der Waals surface area contributed by atoms with Crippen LogP contribution in [-0.2, 0) is 0 Å². The molecule has 0 N–H and O–H groups in total. The lowest BCUT2D eigenvalue weighted by molar-refractivity contribution is 0.0727. The van der Waals surface area contributed by atoms with Crippen LogP contribution in [0, 0.1) is 13.8 Å². The molecule has 2 aromatic carbocycles. The Morgan fingerprint density at radius 1 is 1.21 bits per heavy atom. The zero-order valence-electron chi connectivity index (χ0n) is 19.0. The predicted molar refractivity (Wildman–Crippen MR) is 125 cm³/mol. The van der Waals surface area contributed by atoms with Gasteiger partial charge >= 0.3 is 0 Å². The minimum atomic E-state index is -0.310. The number of likely N-dealkylation sites (tertiary alicyclic amines) is 1. The summed E-state index contributed by atoms with van der Waals surface area (Å²) in [5, 5.41) is 13.0. The monoisotopic (exact) mass is 478 g/mol. The molecule has 0 spiro atoms. The molecular formula is C24H23ClN6O3. The van der Waals surface area contributed by atoms with Crippen LogP contribution in [0.15, 0.2) is 47.2 Å². The van der Waals surface area contributed by atoms with Crippen molar-refractivity contribution in [2.75, 3.05) is 13.7 Å². The molecule has 4 aromatic rings. The van der Waals surface area contributed by atoms with Gasteiger partial charge in [-0.3, -0.25) is 4.79 Å². The van der Waals surface area contributed by atoms with Crippen molar-refractivity contribution in [3.05, 3.63) is 70.3 Å². The quantitative estimate of drug-likeness (QED) is 0.414. The number of hydrogen-bond donors (Lipinski definition) is 0. The van der Waals surface area contributed by atoms with Crippen LogP contribution in [0.25, 0.3) is 17.1 Å². The van der Waals surface area contributed by atoms with Gasteiger partial charge in [0.25, 0.3) is 11.8 Å². The summed E-state index contributed by atoms with van der Waals surface area (Å²) in [4.78, 5) is 21.6. The Morgan fingerprint density at radius 3 is 2.76 bits per heavy atom. The van der Waals surface area contributed by atoms with E-state index in [1.165, 1.54) is 11.9 Å². The summed E-state index contributed by atoms with van der Waals surface area (Å²) >= 11 is 6.34. The summed E-state index contributed by atoms with van der Waals surface area (Å²) in [5.74, 6) is 1.13. The van der Waals surface area contributed by atoms with Crippen LogP contribution < -0.4 is 4.74 Å². The topological polar surface area (TPSA) is 99.2 Å². The molecule has 1 aliphatic heterocycles.